The number of hydrogen-bond donors (Lipinski definition) is 4. The summed E-state index contributed by atoms with van der Waals surface area (Å²) in [5.74, 6) is 0.268. The minimum Gasteiger partial charge on any atom is -0.506 e. The van der Waals surface area contributed by atoms with Gasteiger partial charge in [-0.3, -0.25) is 4.72 Å². The van der Waals surface area contributed by atoms with Crippen LogP contribution in [0.3, 0.4) is 0 Å². The van der Waals surface area contributed by atoms with E-state index in [1.807, 2.05) is 0 Å². The summed E-state index contributed by atoms with van der Waals surface area (Å²) < 4.78 is 61.3. The number of aromatic nitrogens is 2. The Labute approximate surface area is 238 Å². The summed E-state index contributed by atoms with van der Waals surface area (Å²) in [6.45, 7) is 0.672. The molecule has 4 rings (SSSR count). The van der Waals surface area contributed by atoms with Crippen molar-refractivity contribution in [3.63, 3.8) is 0 Å². The summed E-state index contributed by atoms with van der Waals surface area (Å²) in [4.78, 5) is 4.34. The Balaban J connectivity index is 1.28. The number of methoxy groups -OCH3 is 1. The number of anilines is 1. The van der Waals surface area contributed by atoms with E-state index in [2.05, 4.69) is 20.2 Å². The first-order chi connectivity index (χ1) is 19.4. The highest BCUT2D eigenvalue weighted by atomic mass is 32.2. The average molecular weight is 603 g/mol. The fourth-order valence-corrected chi connectivity index (χ4v) is 5.65. The average Bonchev–Trinajstić information content (AvgIpc) is 3.39. The molecule has 218 valence electrons. The van der Waals surface area contributed by atoms with Crippen LogP contribution in [0.25, 0.3) is 11.5 Å². The molecule has 14 heteroatoms. The molecule has 0 amide bonds. The van der Waals surface area contributed by atoms with Gasteiger partial charge in [-0.05, 0) is 72.6 Å². The van der Waals surface area contributed by atoms with E-state index in [-0.39, 0.29) is 34.6 Å². The molecule has 0 saturated heterocycles. The van der Waals surface area contributed by atoms with Crippen molar-refractivity contribution < 1.29 is 36.3 Å². The number of hydrogen-bond acceptors (Lipinski definition) is 11. The number of sulfonamides is 1. The van der Waals surface area contributed by atoms with Crippen LogP contribution < -0.4 is 14.8 Å². The number of phenols is 1. The highest BCUT2D eigenvalue weighted by Crippen LogP contribution is 2.28. The molecule has 3 aromatic carbocycles. The fraction of sp³-hybridized carbons (Fsp3) is 0.259. The molecule has 0 saturated carbocycles. The zero-order chi connectivity index (χ0) is 29.6. The number of aromatic hydroxyl groups is 1. The van der Waals surface area contributed by atoms with E-state index < -0.39 is 31.7 Å². The molecule has 0 unspecified atom stereocenters. The first-order valence-electron chi connectivity index (χ1n) is 12.4. The van der Waals surface area contributed by atoms with Crippen molar-refractivity contribution in [2.24, 2.45) is 0 Å². The van der Waals surface area contributed by atoms with Gasteiger partial charge in [-0.1, -0.05) is 23.4 Å². The largest absolute Gasteiger partial charge is 0.506 e. The first-order valence-corrected chi connectivity index (χ1v) is 16.0. The second-order valence-corrected chi connectivity index (χ2v) is 13.0. The molecule has 1 atom stereocenters. The highest BCUT2D eigenvalue weighted by Gasteiger charge is 2.20. The quantitative estimate of drug-likeness (QED) is 0.130. The topological polar surface area (TPSA) is 181 Å². The maximum absolute atomic E-state index is 12.9. The Bertz CT molecular complexity index is 1690. The molecule has 4 N–H and O–H groups in total. The Morgan fingerprint density at radius 2 is 1.71 bits per heavy atom. The second kappa shape index (κ2) is 12.7. The van der Waals surface area contributed by atoms with Crippen LogP contribution in [0, 0.1) is 0 Å². The first kappa shape index (κ1) is 30.0. The number of aliphatic hydroxyl groups is 1. The van der Waals surface area contributed by atoms with Crippen LogP contribution in [0.1, 0.15) is 23.1 Å². The number of aliphatic hydroxyl groups excluding tert-OH is 1. The number of rotatable bonds is 13. The summed E-state index contributed by atoms with van der Waals surface area (Å²) in [6.07, 6.45) is 0.588. The monoisotopic (exact) mass is 602 g/mol. The molecule has 0 aliphatic heterocycles. The van der Waals surface area contributed by atoms with E-state index in [1.165, 1.54) is 30.3 Å². The Hall–Kier alpha value is -3.98. The third-order valence-electron chi connectivity index (χ3n) is 6.04. The predicted octanol–water partition coefficient (Wildman–Crippen LogP) is 2.66. The molecule has 0 bridgehead atoms. The van der Waals surface area contributed by atoms with Gasteiger partial charge in [0.1, 0.15) is 17.3 Å². The minimum atomic E-state index is -3.71. The van der Waals surface area contributed by atoms with Crippen molar-refractivity contribution in [2.75, 3.05) is 31.2 Å². The van der Waals surface area contributed by atoms with Gasteiger partial charge in [-0.15, -0.1) is 0 Å². The van der Waals surface area contributed by atoms with E-state index in [9.17, 15) is 27.0 Å². The lowest BCUT2D eigenvalue weighted by Gasteiger charge is -2.15. The lowest BCUT2D eigenvalue weighted by molar-refractivity contribution is 0.175. The molecule has 0 radical (unpaired) electrons. The molecule has 0 aliphatic carbocycles. The predicted molar refractivity (Wildman–Crippen MR) is 152 cm³/mol. The zero-order valence-corrected chi connectivity index (χ0v) is 23.9. The fourth-order valence-electron chi connectivity index (χ4n) is 3.91. The Kier molecular flexibility index (Phi) is 9.28. The molecular formula is C27H30N4O8S2. The third-order valence-corrected chi connectivity index (χ3v) is 8.25. The van der Waals surface area contributed by atoms with Gasteiger partial charge >= 0.3 is 0 Å². The molecule has 1 heterocycles. The van der Waals surface area contributed by atoms with Crippen LogP contribution in [0.15, 0.2) is 76.1 Å². The van der Waals surface area contributed by atoms with E-state index in [0.29, 0.717) is 29.8 Å². The summed E-state index contributed by atoms with van der Waals surface area (Å²) in [5.41, 5.74) is 1.94. The zero-order valence-electron chi connectivity index (χ0n) is 22.3. The number of phenolic OH excluding ortho intramolecular Hbond substituents is 1. The molecule has 4 aromatic rings. The summed E-state index contributed by atoms with van der Waals surface area (Å²) in [6, 6.07) is 17.6. The van der Waals surface area contributed by atoms with Crippen LogP contribution in [0.2, 0.25) is 0 Å². The molecule has 0 spiro atoms. The van der Waals surface area contributed by atoms with Gasteiger partial charge in [0.25, 0.3) is 5.89 Å². The normalized spacial score (nSPS) is 12.7. The van der Waals surface area contributed by atoms with Crippen LogP contribution in [-0.2, 0) is 32.0 Å². The van der Waals surface area contributed by atoms with Crippen LogP contribution in [-0.4, -0.2) is 63.6 Å². The highest BCUT2D eigenvalue weighted by molar-refractivity contribution is 7.92. The van der Waals surface area contributed by atoms with E-state index in [0.717, 1.165) is 11.8 Å². The molecule has 0 fully saturated rings. The van der Waals surface area contributed by atoms with Crippen molar-refractivity contribution in [3.8, 4) is 23.0 Å². The molecule has 0 aliphatic rings. The molecular weight excluding hydrogens is 572 g/mol. The summed E-state index contributed by atoms with van der Waals surface area (Å²) in [7, 11) is -5.74. The maximum atomic E-state index is 12.9. The Morgan fingerprint density at radius 1 is 1.00 bits per heavy atom. The number of benzene rings is 3. The second-order valence-electron chi connectivity index (χ2n) is 9.27. The van der Waals surface area contributed by atoms with Crippen LogP contribution in [0.4, 0.5) is 5.69 Å². The standard InChI is InChI=1S/C27H30N4O8S2/c1-38-21-8-5-19(6-9-21)27-29-26(30-39-27)17-41(36,37)22-10-3-18(4-11-22)13-14-28-16-25(33)20-7-12-24(32)23(15-20)31-40(2,34)35/h3-12,15,25,28,31-33H,13-14,16-17H2,1-2H3/t25-/m0/s1. The third kappa shape index (κ3) is 8.27. The molecule has 12 nitrogen and oxygen atoms in total. The minimum absolute atomic E-state index is 0.0175. The SMILES string of the molecule is COc1ccc(-c2nc(CS(=O)(=O)c3ccc(CCNC[C@H](O)c4ccc(O)c(NS(C)(=O)=O)c4)cc3)no2)cc1. The van der Waals surface area contributed by atoms with Crippen molar-refractivity contribution in [1.29, 1.82) is 0 Å². The van der Waals surface area contributed by atoms with Crippen LogP contribution >= 0.6 is 0 Å². The van der Waals surface area contributed by atoms with E-state index in [4.69, 9.17) is 9.26 Å². The number of nitrogens with zero attached hydrogens (tertiary/aromatic N) is 2. The lowest BCUT2D eigenvalue weighted by atomic mass is 10.1. The maximum Gasteiger partial charge on any atom is 0.257 e. The van der Waals surface area contributed by atoms with Gasteiger partial charge in [0.05, 0.1) is 30.1 Å². The van der Waals surface area contributed by atoms with Crippen molar-refractivity contribution in [2.45, 2.75) is 23.2 Å². The van der Waals surface area contributed by atoms with Crippen molar-refractivity contribution in [1.82, 2.24) is 15.5 Å². The van der Waals surface area contributed by atoms with Gasteiger partial charge < -0.3 is 24.8 Å². The van der Waals surface area contributed by atoms with Gasteiger partial charge in [0, 0.05) is 12.1 Å². The van der Waals surface area contributed by atoms with Crippen molar-refractivity contribution >= 4 is 25.5 Å². The number of nitrogens with one attached hydrogen (secondary N) is 2. The van der Waals surface area contributed by atoms with Gasteiger partial charge in [0.15, 0.2) is 15.7 Å². The van der Waals surface area contributed by atoms with Crippen molar-refractivity contribution in [3.05, 3.63) is 83.7 Å². The smallest absolute Gasteiger partial charge is 0.257 e. The Morgan fingerprint density at radius 3 is 2.37 bits per heavy atom. The summed E-state index contributed by atoms with van der Waals surface area (Å²) in [5, 5.41) is 27.2. The number of ether oxygens (including phenoxy) is 1. The molecule has 41 heavy (non-hydrogen) atoms. The van der Waals surface area contributed by atoms with Gasteiger partial charge in [0.2, 0.25) is 10.0 Å². The molecule has 1 aromatic heterocycles. The van der Waals surface area contributed by atoms with E-state index >= 15 is 0 Å². The van der Waals surface area contributed by atoms with Crippen LogP contribution in [0.5, 0.6) is 11.5 Å². The van der Waals surface area contributed by atoms with E-state index in [1.54, 1.807) is 43.5 Å². The van der Waals surface area contributed by atoms with Gasteiger partial charge in [-0.25, -0.2) is 16.8 Å². The lowest BCUT2D eigenvalue weighted by Crippen LogP contribution is -2.24. The van der Waals surface area contributed by atoms with Gasteiger partial charge in [-0.2, -0.15) is 4.98 Å². The number of sulfone groups is 1. The summed E-state index contributed by atoms with van der Waals surface area (Å²) >= 11 is 0.